The molecule has 1 saturated carbocycles. The quantitative estimate of drug-likeness (QED) is 0.225. The van der Waals surface area contributed by atoms with E-state index in [0.717, 1.165) is 38.5 Å². The number of carbonyl (C=O) groups is 4. The molecule has 0 spiro atoms. The lowest BCUT2D eigenvalue weighted by molar-refractivity contribution is -0.175. The van der Waals surface area contributed by atoms with E-state index in [1.807, 2.05) is 6.92 Å². The largest absolute Gasteiger partial charge is 0.456 e. The summed E-state index contributed by atoms with van der Waals surface area (Å²) in [5.41, 5.74) is -0.585. The van der Waals surface area contributed by atoms with Gasteiger partial charge in [-0.2, -0.15) is 17.2 Å². The van der Waals surface area contributed by atoms with E-state index in [9.17, 15) is 36.4 Å². The number of carbonyl (C=O) groups excluding carboxylic acids is 4. The molecule has 2 rings (SSSR count). The molecule has 14 heteroatoms. The predicted octanol–water partition coefficient (Wildman–Crippen LogP) is 2.45. The number of unbranched alkanes of at least 4 members (excludes halogenated alkanes) is 1. The van der Waals surface area contributed by atoms with Crippen LogP contribution in [0.2, 0.25) is 0 Å². The first-order chi connectivity index (χ1) is 16.2. The van der Waals surface area contributed by atoms with Gasteiger partial charge in [-0.1, -0.05) is 13.3 Å². The third-order valence-corrected chi connectivity index (χ3v) is 6.98. The molecule has 2 aliphatic rings. The van der Waals surface area contributed by atoms with E-state index < -0.39 is 76.0 Å². The van der Waals surface area contributed by atoms with Crippen molar-refractivity contribution in [3.05, 3.63) is 0 Å². The molecule has 200 valence electrons. The topological polar surface area (TPSA) is 160 Å². The van der Waals surface area contributed by atoms with Gasteiger partial charge in [0.15, 0.2) is 6.10 Å². The minimum absolute atomic E-state index is 0.269. The molecule has 0 aromatic carbocycles. The Bertz CT molecular complexity index is 912. The smallest absolute Gasteiger partial charge is 0.405 e. The first-order valence-electron chi connectivity index (χ1n) is 11.4. The Labute approximate surface area is 201 Å². The molecule has 1 saturated heterocycles. The molecule has 1 aliphatic carbocycles. The third kappa shape index (κ3) is 7.56. The molecule has 1 aliphatic heterocycles. The Hall–Kier alpha value is -2.35. The summed E-state index contributed by atoms with van der Waals surface area (Å²) in [6.07, 6.45) is -1.05. The number of esters is 4. The molecule has 11 nitrogen and oxygen atoms in total. The number of ether oxygens (including phenoxy) is 4. The molecule has 0 aromatic heterocycles. The van der Waals surface area contributed by atoms with Crippen molar-refractivity contribution in [3.8, 4) is 0 Å². The molecule has 3 unspecified atom stereocenters. The minimum Gasteiger partial charge on any atom is -0.456 e. The molecule has 3 atom stereocenters. The van der Waals surface area contributed by atoms with Crippen LogP contribution in [0.4, 0.5) is 8.78 Å². The molecule has 0 bridgehead atoms. The lowest BCUT2D eigenvalue weighted by Crippen LogP contribution is -2.42. The zero-order valence-corrected chi connectivity index (χ0v) is 20.3. The normalized spacial score (nSPS) is 22.8. The third-order valence-electron chi connectivity index (χ3n) is 5.96. The van der Waals surface area contributed by atoms with Crippen molar-refractivity contribution in [1.82, 2.24) is 0 Å². The van der Waals surface area contributed by atoms with Crippen molar-refractivity contribution < 1.29 is 59.9 Å². The summed E-state index contributed by atoms with van der Waals surface area (Å²) in [6.45, 7) is 2.58. The van der Waals surface area contributed by atoms with Crippen molar-refractivity contribution in [2.24, 2.45) is 0 Å². The Morgan fingerprint density at radius 1 is 1.20 bits per heavy atom. The van der Waals surface area contributed by atoms with Crippen LogP contribution in [0.15, 0.2) is 0 Å². The van der Waals surface area contributed by atoms with Crippen LogP contribution in [-0.2, 0) is 48.2 Å². The van der Waals surface area contributed by atoms with Crippen LogP contribution in [0.5, 0.6) is 0 Å². The first-order valence-corrected chi connectivity index (χ1v) is 12.8. The zero-order chi connectivity index (χ0) is 26.4. The highest BCUT2D eigenvalue weighted by molar-refractivity contribution is 7.86. The van der Waals surface area contributed by atoms with E-state index in [1.54, 1.807) is 0 Å². The van der Waals surface area contributed by atoms with Gasteiger partial charge in [0.25, 0.3) is 0 Å². The maximum absolute atomic E-state index is 13.4. The highest BCUT2D eigenvalue weighted by Crippen LogP contribution is 2.38. The van der Waals surface area contributed by atoms with Crippen LogP contribution in [0.3, 0.4) is 0 Å². The Balaban J connectivity index is 1.82. The second kappa shape index (κ2) is 11.6. The number of alkyl halides is 2. The summed E-state index contributed by atoms with van der Waals surface area (Å²) in [5, 5.41) is -4.74. The number of hydrogen-bond acceptors (Lipinski definition) is 10. The molecule has 0 aromatic rings. The number of halogens is 2. The fraction of sp³-hybridized carbons (Fsp3) is 0.810. The molecular formula is C21H30F2O11S. The Kier molecular flexibility index (Phi) is 9.56. The number of hydrogen-bond donors (Lipinski definition) is 1. The average Bonchev–Trinajstić information content (AvgIpc) is 3.37. The van der Waals surface area contributed by atoms with E-state index in [2.05, 4.69) is 4.74 Å². The summed E-state index contributed by atoms with van der Waals surface area (Å²) < 4.78 is 76.5. The van der Waals surface area contributed by atoms with Crippen molar-refractivity contribution in [1.29, 1.82) is 0 Å². The van der Waals surface area contributed by atoms with Gasteiger partial charge in [0.2, 0.25) is 12.2 Å². The van der Waals surface area contributed by atoms with Gasteiger partial charge < -0.3 is 18.9 Å². The fourth-order valence-corrected chi connectivity index (χ4v) is 4.42. The summed E-state index contributed by atoms with van der Waals surface area (Å²) in [6, 6.07) is 0. The van der Waals surface area contributed by atoms with Crippen LogP contribution in [-0.4, -0.2) is 66.0 Å². The van der Waals surface area contributed by atoms with E-state index >= 15 is 0 Å². The van der Waals surface area contributed by atoms with E-state index in [1.165, 1.54) is 0 Å². The average molecular weight is 529 g/mol. The highest BCUT2D eigenvalue weighted by Gasteiger charge is 2.52. The SMILES string of the molecule is CCCCC1(OC(=O)C2CC(OC(=O)CCC(=O)OC(C)C(F)(F)S(=O)(=O)O)C(=O)O2)CCCC1. The predicted molar refractivity (Wildman–Crippen MR) is 112 cm³/mol. The molecule has 35 heavy (non-hydrogen) atoms. The molecule has 0 amide bonds. The van der Waals surface area contributed by atoms with Crippen LogP contribution in [0.1, 0.15) is 78.1 Å². The summed E-state index contributed by atoms with van der Waals surface area (Å²) in [7, 11) is -5.82. The van der Waals surface area contributed by atoms with Gasteiger partial charge in [0, 0.05) is 6.42 Å². The van der Waals surface area contributed by atoms with Gasteiger partial charge in [-0.05, 0) is 45.4 Å². The zero-order valence-electron chi connectivity index (χ0n) is 19.5. The Morgan fingerprint density at radius 2 is 1.80 bits per heavy atom. The monoisotopic (exact) mass is 528 g/mol. The lowest BCUT2D eigenvalue weighted by atomic mass is 9.94. The maximum atomic E-state index is 13.4. The summed E-state index contributed by atoms with van der Waals surface area (Å²) >= 11 is 0. The van der Waals surface area contributed by atoms with Crippen molar-refractivity contribution in [3.63, 3.8) is 0 Å². The molecule has 0 radical (unpaired) electrons. The van der Waals surface area contributed by atoms with E-state index in [4.69, 9.17) is 18.8 Å². The van der Waals surface area contributed by atoms with Crippen LogP contribution in [0, 0.1) is 0 Å². The second-order valence-electron chi connectivity index (χ2n) is 8.72. The van der Waals surface area contributed by atoms with Crippen molar-refractivity contribution >= 4 is 34.0 Å². The van der Waals surface area contributed by atoms with Gasteiger partial charge in [-0.3, -0.25) is 14.1 Å². The standard InChI is InChI=1S/C21H30F2O11S/c1-3-4-9-20(10-5-6-11-20)34-19(27)15-12-14(18(26)33-15)32-17(25)8-7-16(24)31-13(2)21(22,23)35(28,29)30/h13-15H,3-12H2,1-2H3,(H,28,29,30). The number of cyclic esters (lactones) is 1. The van der Waals surface area contributed by atoms with E-state index in [-0.39, 0.29) is 6.42 Å². The van der Waals surface area contributed by atoms with Gasteiger partial charge in [0.05, 0.1) is 12.8 Å². The van der Waals surface area contributed by atoms with Crippen LogP contribution >= 0.6 is 0 Å². The van der Waals surface area contributed by atoms with Crippen LogP contribution < -0.4 is 0 Å². The van der Waals surface area contributed by atoms with Gasteiger partial charge in [0.1, 0.15) is 5.60 Å². The van der Waals surface area contributed by atoms with Gasteiger partial charge in [-0.15, -0.1) is 0 Å². The molecule has 1 N–H and O–H groups in total. The summed E-state index contributed by atoms with van der Waals surface area (Å²) in [5.74, 6) is -4.10. The second-order valence-corrected chi connectivity index (χ2v) is 10.2. The first kappa shape index (κ1) is 28.9. The maximum Gasteiger partial charge on any atom is 0.405 e. The summed E-state index contributed by atoms with van der Waals surface area (Å²) in [4.78, 5) is 48.3. The van der Waals surface area contributed by atoms with Crippen molar-refractivity contribution in [2.75, 3.05) is 0 Å². The molecule has 2 fully saturated rings. The van der Waals surface area contributed by atoms with Gasteiger partial charge in [-0.25, -0.2) is 9.59 Å². The fourth-order valence-electron chi connectivity index (χ4n) is 3.95. The Morgan fingerprint density at radius 3 is 2.37 bits per heavy atom. The van der Waals surface area contributed by atoms with Gasteiger partial charge >= 0.3 is 39.2 Å². The van der Waals surface area contributed by atoms with E-state index in [0.29, 0.717) is 13.3 Å². The molecule has 1 heterocycles. The lowest BCUT2D eigenvalue weighted by Gasteiger charge is -2.30. The molecular weight excluding hydrogens is 498 g/mol. The highest BCUT2D eigenvalue weighted by atomic mass is 32.2. The number of rotatable bonds is 12. The van der Waals surface area contributed by atoms with Crippen LogP contribution in [0.25, 0.3) is 0 Å². The minimum atomic E-state index is -5.82. The van der Waals surface area contributed by atoms with Crippen molar-refractivity contribution in [2.45, 2.75) is 107 Å².